The lowest BCUT2D eigenvalue weighted by Crippen LogP contribution is -2.17. The standard InChI is InChI=1S/C8H15NO3/c1-6(8(2,3)4)9-12-5-7(10)11/h5H2,1-4H3,(H,10,11)/b9-6+. The summed E-state index contributed by atoms with van der Waals surface area (Å²) in [6.45, 7) is 7.37. The molecule has 0 aromatic heterocycles. The predicted octanol–water partition coefficient (Wildman–Crippen LogP) is 1.51. The Morgan fingerprint density at radius 1 is 1.50 bits per heavy atom. The van der Waals surface area contributed by atoms with E-state index in [1.54, 1.807) is 0 Å². The third kappa shape index (κ3) is 4.71. The van der Waals surface area contributed by atoms with Gasteiger partial charge in [-0.3, -0.25) is 0 Å². The average molecular weight is 173 g/mol. The fourth-order valence-electron chi connectivity index (χ4n) is 0.321. The minimum Gasteiger partial charge on any atom is -0.479 e. The van der Waals surface area contributed by atoms with Crippen LogP contribution in [0.2, 0.25) is 0 Å². The van der Waals surface area contributed by atoms with Crippen LogP contribution in [-0.4, -0.2) is 23.4 Å². The summed E-state index contributed by atoms with van der Waals surface area (Å²) in [4.78, 5) is 14.6. The number of rotatable bonds is 3. The Morgan fingerprint density at radius 3 is 2.33 bits per heavy atom. The zero-order valence-corrected chi connectivity index (χ0v) is 7.92. The summed E-state index contributed by atoms with van der Waals surface area (Å²) in [7, 11) is 0. The monoisotopic (exact) mass is 173 g/mol. The van der Waals surface area contributed by atoms with Crippen molar-refractivity contribution in [2.45, 2.75) is 27.7 Å². The lowest BCUT2D eigenvalue weighted by molar-refractivity contribution is -0.142. The minimum absolute atomic E-state index is 0.0709. The summed E-state index contributed by atoms with van der Waals surface area (Å²) in [5.74, 6) is -1.01. The van der Waals surface area contributed by atoms with Crippen LogP contribution in [0.3, 0.4) is 0 Å². The van der Waals surface area contributed by atoms with E-state index in [0.29, 0.717) is 0 Å². The van der Waals surface area contributed by atoms with E-state index in [2.05, 4.69) is 9.99 Å². The number of carboxylic acid groups (broad SMARTS) is 1. The van der Waals surface area contributed by atoms with E-state index in [1.807, 2.05) is 27.7 Å². The van der Waals surface area contributed by atoms with E-state index in [1.165, 1.54) is 0 Å². The van der Waals surface area contributed by atoms with Gasteiger partial charge in [0.05, 0.1) is 5.71 Å². The molecule has 0 atom stereocenters. The number of hydrogen-bond acceptors (Lipinski definition) is 3. The molecule has 0 aliphatic carbocycles. The van der Waals surface area contributed by atoms with E-state index < -0.39 is 5.97 Å². The lowest BCUT2D eigenvalue weighted by Gasteiger charge is -2.16. The Bertz CT molecular complexity index is 191. The van der Waals surface area contributed by atoms with Gasteiger partial charge in [-0.05, 0) is 6.92 Å². The second-order valence-corrected chi connectivity index (χ2v) is 3.59. The summed E-state index contributed by atoms with van der Waals surface area (Å²) in [5, 5.41) is 11.9. The molecule has 1 N–H and O–H groups in total. The molecule has 0 saturated carbocycles. The molecule has 0 aromatic rings. The van der Waals surface area contributed by atoms with Gasteiger partial charge in [-0.1, -0.05) is 25.9 Å². The van der Waals surface area contributed by atoms with Gasteiger partial charge in [0.2, 0.25) is 6.61 Å². The first-order chi connectivity index (χ1) is 5.34. The summed E-state index contributed by atoms with van der Waals surface area (Å²) in [6.07, 6.45) is 0. The molecule has 0 radical (unpaired) electrons. The Morgan fingerprint density at radius 2 is 2.00 bits per heavy atom. The molecule has 12 heavy (non-hydrogen) atoms. The first-order valence-corrected chi connectivity index (χ1v) is 3.73. The highest BCUT2D eigenvalue weighted by atomic mass is 16.6. The van der Waals surface area contributed by atoms with Crippen LogP contribution in [0.1, 0.15) is 27.7 Å². The maximum Gasteiger partial charge on any atom is 0.344 e. The Hall–Kier alpha value is -1.06. The lowest BCUT2D eigenvalue weighted by atomic mass is 9.91. The highest BCUT2D eigenvalue weighted by Crippen LogP contribution is 2.15. The van der Waals surface area contributed by atoms with Crippen LogP contribution < -0.4 is 0 Å². The smallest absolute Gasteiger partial charge is 0.344 e. The maximum absolute atomic E-state index is 10.0. The fourth-order valence-corrected chi connectivity index (χ4v) is 0.321. The fraction of sp³-hybridized carbons (Fsp3) is 0.750. The van der Waals surface area contributed by atoms with Gasteiger partial charge in [-0.2, -0.15) is 0 Å². The first kappa shape index (κ1) is 10.9. The topological polar surface area (TPSA) is 58.9 Å². The van der Waals surface area contributed by atoms with Crippen molar-refractivity contribution in [1.29, 1.82) is 0 Å². The number of carboxylic acids is 1. The third-order valence-electron chi connectivity index (χ3n) is 1.47. The number of oxime groups is 1. The van der Waals surface area contributed by atoms with Gasteiger partial charge in [-0.25, -0.2) is 4.79 Å². The van der Waals surface area contributed by atoms with Crippen molar-refractivity contribution < 1.29 is 14.7 Å². The van der Waals surface area contributed by atoms with E-state index in [4.69, 9.17) is 5.11 Å². The molecule has 0 heterocycles. The predicted molar refractivity (Wildman–Crippen MR) is 46.2 cm³/mol. The molecular formula is C8H15NO3. The Labute approximate surface area is 72.2 Å². The molecule has 0 rings (SSSR count). The van der Waals surface area contributed by atoms with Crippen molar-refractivity contribution in [3.8, 4) is 0 Å². The minimum atomic E-state index is -1.01. The molecule has 0 unspecified atom stereocenters. The van der Waals surface area contributed by atoms with Crippen LogP contribution in [0, 0.1) is 5.41 Å². The van der Waals surface area contributed by atoms with Crippen molar-refractivity contribution in [1.82, 2.24) is 0 Å². The van der Waals surface area contributed by atoms with Crippen LogP contribution in [0.5, 0.6) is 0 Å². The molecule has 0 fully saturated rings. The molecule has 70 valence electrons. The normalized spacial score (nSPS) is 12.8. The van der Waals surface area contributed by atoms with Gasteiger partial charge in [0.15, 0.2) is 0 Å². The van der Waals surface area contributed by atoms with Crippen molar-refractivity contribution >= 4 is 11.7 Å². The molecule has 0 bridgehead atoms. The zero-order chi connectivity index (χ0) is 9.78. The van der Waals surface area contributed by atoms with Crippen molar-refractivity contribution in [3.05, 3.63) is 0 Å². The van der Waals surface area contributed by atoms with Gasteiger partial charge in [0, 0.05) is 5.41 Å². The van der Waals surface area contributed by atoms with Crippen LogP contribution in [0.15, 0.2) is 5.16 Å². The van der Waals surface area contributed by atoms with Crippen LogP contribution in [-0.2, 0) is 9.63 Å². The number of hydrogen-bond donors (Lipinski definition) is 1. The molecule has 4 nitrogen and oxygen atoms in total. The molecule has 0 amide bonds. The van der Waals surface area contributed by atoms with Crippen LogP contribution in [0.4, 0.5) is 0 Å². The summed E-state index contributed by atoms with van der Waals surface area (Å²) in [6, 6.07) is 0. The molecule has 0 aliphatic heterocycles. The van der Waals surface area contributed by atoms with Crippen molar-refractivity contribution in [2.24, 2.45) is 10.6 Å². The molecule has 0 aromatic carbocycles. The van der Waals surface area contributed by atoms with Crippen molar-refractivity contribution in [3.63, 3.8) is 0 Å². The van der Waals surface area contributed by atoms with Crippen LogP contribution >= 0.6 is 0 Å². The Balaban J connectivity index is 3.94. The quantitative estimate of drug-likeness (QED) is 0.519. The van der Waals surface area contributed by atoms with Gasteiger partial charge in [0.1, 0.15) is 0 Å². The summed E-state index contributed by atoms with van der Waals surface area (Å²) >= 11 is 0. The van der Waals surface area contributed by atoms with Crippen molar-refractivity contribution in [2.75, 3.05) is 6.61 Å². The molecule has 0 spiro atoms. The average Bonchev–Trinajstić information content (AvgIpc) is 1.84. The highest BCUT2D eigenvalue weighted by Gasteiger charge is 2.14. The summed E-state index contributed by atoms with van der Waals surface area (Å²) in [5.41, 5.74) is 0.710. The number of aliphatic carboxylic acids is 1. The zero-order valence-electron chi connectivity index (χ0n) is 7.92. The van der Waals surface area contributed by atoms with E-state index >= 15 is 0 Å². The Kier molecular flexibility index (Phi) is 3.73. The summed E-state index contributed by atoms with van der Waals surface area (Å²) < 4.78 is 0. The second kappa shape index (κ2) is 4.09. The molecule has 0 saturated heterocycles. The second-order valence-electron chi connectivity index (χ2n) is 3.59. The number of carbonyl (C=O) groups is 1. The third-order valence-corrected chi connectivity index (χ3v) is 1.47. The number of nitrogens with zero attached hydrogens (tertiary/aromatic N) is 1. The highest BCUT2D eigenvalue weighted by molar-refractivity contribution is 5.86. The van der Waals surface area contributed by atoms with E-state index in [-0.39, 0.29) is 12.0 Å². The SMILES string of the molecule is C/C(=N\OCC(=O)O)C(C)(C)C. The molecule has 0 aliphatic rings. The van der Waals surface area contributed by atoms with Gasteiger partial charge in [-0.15, -0.1) is 0 Å². The molecule has 4 heteroatoms. The molecular weight excluding hydrogens is 158 g/mol. The van der Waals surface area contributed by atoms with Gasteiger partial charge < -0.3 is 9.94 Å². The first-order valence-electron chi connectivity index (χ1n) is 3.73. The van der Waals surface area contributed by atoms with Gasteiger partial charge >= 0.3 is 5.97 Å². The van der Waals surface area contributed by atoms with E-state index in [0.717, 1.165) is 5.71 Å². The van der Waals surface area contributed by atoms with E-state index in [9.17, 15) is 4.79 Å². The largest absolute Gasteiger partial charge is 0.479 e. The van der Waals surface area contributed by atoms with Crippen LogP contribution in [0.25, 0.3) is 0 Å². The maximum atomic E-state index is 10.0. The van der Waals surface area contributed by atoms with Gasteiger partial charge in [0.25, 0.3) is 0 Å².